The SMILES string of the molecule is O=C(NCC(F)(F)F)c1ccc(S(=O)(=O)NCC2CCCO2)cc1. The third kappa shape index (κ3) is 5.46. The molecule has 1 aliphatic heterocycles. The number of ether oxygens (including phenoxy) is 1. The van der Waals surface area contributed by atoms with E-state index >= 15 is 0 Å². The van der Waals surface area contributed by atoms with E-state index in [1.807, 2.05) is 0 Å². The van der Waals surface area contributed by atoms with Gasteiger partial charge in [-0.15, -0.1) is 0 Å². The van der Waals surface area contributed by atoms with Crippen LogP contribution >= 0.6 is 0 Å². The molecular formula is C14H17F3N2O4S. The second-order valence-corrected chi connectivity index (χ2v) is 7.08. The number of sulfonamides is 1. The van der Waals surface area contributed by atoms with Crippen molar-refractivity contribution in [1.29, 1.82) is 0 Å². The fourth-order valence-corrected chi connectivity index (χ4v) is 3.23. The van der Waals surface area contributed by atoms with E-state index in [2.05, 4.69) is 4.72 Å². The average Bonchev–Trinajstić information content (AvgIpc) is 3.04. The summed E-state index contributed by atoms with van der Waals surface area (Å²) in [6, 6.07) is 4.65. The second kappa shape index (κ2) is 7.49. The van der Waals surface area contributed by atoms with Crippen LogP contribution in [0.3, 0.4) is 0 Å². The second-order valence-electron chi connectivity index (χ2n) is 5.31. The zero-order chi connectivity index (χ0) is 17.8. The van der Waals surface area contributed by atoms with Gasteiger partial charge in [-0.05, 0) is 37.1 Å². The zero-order valence-electron chi connectivity index (χ0n) is 12.6. The maximum atomic E-state index is 12.1. The van der Waals surface area contributed by atoms with Gasteiger partial charge in [-0.3, -0.25) is 4.79 Å². The van der Waals surface area contributed by atoms with E-state index < -0.39 is 28.7 Å². The van der Waals surface area contributed by atoms with Crippen molar-refractivity contribution in [3.8, 4) is 0 Å². The zero-order valence-corrected chi connectivity index (χ0v) is 13.4. The van der Waals surface area contributed by atoms with Gasteiger partial charge in [0.15, 0.2) is 0 Å². The minimum atomic E-state index is -4.51. The Hall–Kier alpha value is -1.65. The summed E-state index contributed by atoms with van der Waals surface area (Å²) >= 11 is 0. The van der Waals surface area contributed by atoms with Gasteiger partial charge in [0, 0.05) is 18.7 Å². The number of carbonyl (C=O) groups excluding carboxylic acids is 1. The van der Waals surface area contributed by atoms with Crippen LogP contribution in [0.25, 0.3) is 0 Å². The highest BCUT2D eigenvalue weighted by Gasteiger charge is 2.28. The molecule has 1 saturated heterocycles. The lowest BCUT2D eigenvalue weighted by atomic mass is 10.2. The number of hydrogen-bond acceptors (Lipinski definition) is 4. The maximum Gasteiger partial charge on any atom is 0.405 e. The van der Waals surface area contributed by atoms with Crippen molar-refractivity contribution in [2.45, 2.75) is 30.0 Å². The van der Waals surface area contributed by atoms with Crippen molar-refractivity contribution in [3.05, 3.63) is 29.8 Å². The van der Waals surface area contributed by atoms with Gasteiger partial charge in [0.1, 0.15) is 6.54 Å². The van der Waals surface area contributed by atoms with E-state index in [-0.39, 0.29) is 23.1 Å². The van der Waals surface area contributed by atoms with Crippen molar-refractivity contribution in [2.24, 2.45) is 0 Å². The average molecular weight is 366 g/mol. The highest BCUT2D eigenvalue weighted by Crippen LogP contribution is 2.15. The van der Waals surface area contributed by atoms with Gasteiger partial charge in [-0.2, -0.15) is 13.2 Å². The smallest absolute Gasteiger partial charge is 0.377 e. The summed E-state index contributed by atoms with van der Waals surface area (Å²) in [6.45, 7) is -0.695. The maximum absolute atomic E-state index is 12.1. The molecule has 24 heavy (non-hydrogen) atoms. The summed E-state index contributed by atoms with van der Waals surface area (Å²) < 4.78 is 68.1. The number of hydrogen-bond donors (Lipinski definition) is 2. The van der Waals surface area contributed by atoms with Crippen LogP contribution in [0.1, 0.15) is 23.2 Å². The molecule has 1 amide bonds. The lowest BCUT2D eigenvalue weighted by molar-refractivity contribution is -0.123. The van der Waals surface area contributed by atoms with Crippen molar-refractivity contribution < 1.29 is 31.1 Å². The molecule has 0 saturated carbocycles. The molecule has 2 rings (SSSR count). The predicted molar refractivity (Wildman–Crippen MR) is 79.0 cm³/mol. The first-order valence-electron chi connectivity index (χ1n) is 7.24. The summed E-state index contributed by atoms with van der Waals surface area (Å²) in [4.78, 5) is 11.5. The highest BCUT2D eigenvalue weighted by molar-refractivity contribution is 7.89. The molecule has 6 nitrogen and oxygen atoms in total. The molecule has 0 aliphatic carbocycles. The van der Waals surface area contributed by atoms with Crippen LogP contribution in [0, 0.1) is 0 Å². The van der Waals surface area contributed by atoms with E-state index in [1.54, 1.807) is 5.32 Å². The third-order valence-corrected chi connectivity index (χ3v) is 4.84. The number of alkyl halides is 3. The molecule has 1 aromatic rings. The summed E-state index contributed by atoms with van der Waals surface area (Å²) in [5, 5.41) is 1.71. The minimum absolute atomic E-state index is 0.0580. The lowest BCUT2D eigenvalue weighted by Crippen LogP contribution is -2.34. The number of halogens is 3. The van der Waals surface area contributed by atoms with Gasteiger partial charge >= 0.3 is 6.18 Å². The van der Waals surface area contributed by atoms with Gasteiger partial charge in [-0.25, -0.2) is 13.1 Å². The van der Waals surface area contributed by atoms with Crippen LogP contribution in [0.2, 0.25) is 0 Å². The highest BCUT2D eigenvalue weighted by atomic mass is 32.2. The van der Waals surface area contributed by atoms with Crippen molar-refractivity contribution in [2.75, 3.05) is 19.7 Å². The fourth-order valence-electron chi connectivity index (χ4n) is 2.16. The van der Waals surface area contributed by atoms with Gasteiger partial charge in [0.2, 0.25) is 10.0 Å². The van der Waals surface area contributed by atoms with E-state index in [1.165, 1.54) is 12.1 Å². The Morgan fingerprint density at radius 1 is 1.25 bits per heavy atom. The van der Waals surface area contributed by atoms with E-state index in [9.17, 15) is 26.4 Å². The summed E-state index contributed by atoms with van der Waals surface area (Å²) in [5.74, 6) is -0.927. The Labute approximate surface area is 137 Å². The molecule has 1 heterocycles. The van der Waals surface area contributed by atoms with Crippen molar-refractivity contribution in [3.63, 3.8) is 0 Å². The molecular weight excluding hydrogens is 349 g/mol. The Kier molecular flexibility index (Phi) is 5.83. The molecule has 134 valence electrons. The lowest BCUT2D eigenvalue weighted by Gasteiger charge is -2.12. The fraction of sp³-hybridized carbons (Fsp3) is 0.500. The summed E-state index contributed by atoms with van der Waals surface area (Å²) in [6.07, 6.45) is -3.01. The molecule has 0 spiro atoms. The van der Waals surface area contributed by atoms with Crippen LogP contribution in [0.5, 0.6) is 0 Å². The monoisotopic (exact) mass is 366 g/mol. The molecule has 0 bridgehead atoms. The first-order chi connectivity index (χ1) is 11.2. The summed E-state index contributed by atoms with van der Waals surface area (Å²) in [5.41, 5.74) is -0.0580. The summed E-state index contributed by atoms with van der Waals surface area (Å²) in [7, 11) is -3.77. The third-order valence-electron chi connectivity index (χ3n) is 3.40. The van der Waals surface area contributed by atoms with E-state index in [0.717, 1.165) is 25.0 Å². The van der Waals surface area contributed by atoms with Crippen LogP contribution in [0.4, 0.5) is 13.2 Å². The first kappa shape index (κ1) is 18.7. The Bertz CT molecular complexity index is 668. The Balaban J connectivity index is 1.95. The molecule has 0 aromatic heterocycles. The number of nitrogens with one attached hydrogen (secondary N) is 2. The van der Waals surface area contributed by atoms with Crippen molar-refractivity contribution >= 4 is 15.9 Å². The predicted octanol–water partition coefficient (Wildman–Crippen LogP) is 1.44. The first-order valence-corrected chi connectivity index (χ1v) is 8.72. The van der Waals surface area contributed by atoms with Crippen LogP contribution in [-0.2, 0) is 14.8 Å². The van der Waals surface area contributed by atoms with Gasteiger partial charge in [-0.1, -0.05) is 0 Å². The largest absolute Gasteiger partial charge is 0.405 e. The standard InChI is InChI=1S/C14H17F3N2O4S/c15-14(16,17)9-18-13(20)10-3-5-12(6-4-10)24(21,22)19-8-11-2-1-7-23-11/h3-6,11,19H,1-2,7-9H2,(H,18,20). The molecule has 1 aromatic carbocycles. The Morgan fingerprint density at radius 2 is 1.92 bits per heavy atom. The number of rotatable bonds is 6. The van der Waals surface area contributed by atoms with E-state index in [0.29, 0.717) is 6.61 Å². The van der Waals surface area contributed by atoms with Gasteiger partial charge < -0.3 is 10.1 Å². The molecule has 2 N–H and O–H groups in total. The molecule has 1 atom stereocenters. The van der Waals surface area contributed by atoms with Crippen LogP contribution < -0.4 is 10.0 Å². The number of amides is 1. The molecule has 1 aliphatic rings. The molecule has 0 radical (unpaired) electrons. The molecule has 1 fully saturated rings. The van der Waals surface area contributed by atoms with Crippen LogP contribution in [0.15, 0.2) is 29.2 Å². The van der Waals surface area contributed by atoms with E-state index in [4.69, 9.17) is 4.74 Å². The topological polar surface area (TPSA) is 84.5 Å². The van der Waals surface area contributed by atoms with Gasteiger partial charge in [0.05, 0.1) is 11.0 Å². The number of carbonyl (C=O) groups is 1. The van der Waals surface area contributed by atoms with Crippen LogP contribution in [-0.4, -0.2) is 46.3 Å². The molecule has 10 heteroatoms. The van der Waals surface area contributed by atoms with Crippen molar-refractivity contribution in [1.82, 2.24) is 10.0 Å². The van der Waals surface area contributed by atoms with Gasteiger partial charge in [0.25, 0.3) is 5.91 Å². The molecule has 1 unspecified atom stereocenters. The Morgan fingerprint density at radius 3 is 2.46 bits per heavy atom. The normalized spacial score (nSPS) is 18.5. The quantitative estimate of drug-likeness (QED) is 0.798. The minimum Gasteiger partial charge on any atom is -0.377 e. The number of benzene rings is 1.